The lowest BCUT2D eigenvalue weighted by Crippen LogP contribution is -2.24. The second kappa shape index (κ2) is 8.04. The summed E-state index contributed by atoms with van der Waals surface area (Å²) in [6.07, 6.45) is 6.60. The summed E-state index contributed by atoms with van der Waals surface area (Å²) in [7, 11) is 0. The molecule has 1 saturated carbocycles. The van der Waals surface area contributed by atoms with Crippen LogP contribution in [0.3, 0.4) is 0 Å². The van der Waals surface area contributed by atoms with E-state index in [4.69, 9.17) is 4.74 Å². The fourth-order valence-electron chi connectivity index (χ4n) is 2.84. The van der Waals surface area contributed by atoms with E-state index in [-0.39, 0.29) is 0 Å². The molecule has 1 N–H and O–H groups in total. The van der Waals surface area contributed by atoms with E-state index in [2.05, 4.69) is 53.3 Å². The van der Waals surface area contributed by atoms with Gasteiger partial charge in [0.1, 0.15) is 5.75 Å². The molecule has 20 heavy (non-hydrogen) atoms. The SMILES string of the molecule is CCCNCc1cc(OC2CCCC(C)C2)ccc1Br. The van der Waals surface area contributed by atoms with Crippen molar-refractivity contribution in [1.82, 2.24) is 5.32 Å². The van der Waals surface area contributed by atoms with Gasteiger partial charge in [-0.3, -0.25) is 0 Å². The van der Waals surface area contributed by atoms with Crippen molar-refractivity contribution in [2.45, 2.75) is 58.6 Å². The predicted molar refractivity (Wildman–Crippen MR) is 88.2 cm³/mol. The molecule has 0 amide bonds. The highest BCUT2D eigenvalue weighted by molar-refractivity contribution is 9.10. The Bertz CT molecular complexity index is 421. The highest BCUT2D eigenvalue weighted by Gasteiger charge is 2.20. The van der Waals surface area contributed by atoms with Crippen molar-refractivity contribution in [2.24, 2.45) is 5.92 Å². The average Bonchev–Trinajstić information content (AvgIpc) is 2.42. The largest absolute Gasteiger partial charge is 0.490 e. The number of ether oxygens (including phenoxy) is 1. The first-order chi connectivity index (χ1) is 9.69. The van der Waals surface area contributed by atoms with Crippen molar-refractivity contribution in [1.29, 1.82) is 0 Å². The maximum absolute atomic E-state index is 6.18. The van der Waals surface area contributed by atoms with Gasteiger partial charge in [-0.15, -0.1) is 0 Å². The van der Waals surface area contributed by atoms with E-state index in [0.717, 1.165) is 35.7 Å². The minimum Gasteiger partial charge on any atom is -0.490 e. The van der Waals surface area contributed by atoms with E-state index in [9.17, 15) is 0 Å². The van der Waals surface area contributed by atoms with Crippen LogP contribution in [0.2, 0.25) is 0 Å². The Morgan fingerprint density at radius 2 is 2.20 bits per heavy atom. The van der Waals surface area contributed by atoms with E-state index >= 15 is 0 Å². The third kappa shape index (κ3) is 4.78. The molecular formula is C17H26BrNO. The number of hydrogen-bond acceptors (Lipinski definition) is 2. The minimum absolute atomic E-state index is 0.399. The third-order valence-corrected chi connectivity index (χ3v) is 4.72. The fraction of sp³-hybridized carbons (Fsp3) is 0.647. The van der Waals surface area contributed by atoms with Crippen LogP contribution >= 0.6 is 15.9 Å². The predicted octanol–water partition coefficient (Wildman–Crippen LogP) is 4.91. The van der Waals surface area contributed by atoms with Crippen LogP contribution in [0.15, 0.2) is 22.7 Å². The van der Waals surface area contributed by atoms with Crippen LogP contribution in [-0.4, -0.2) is 12.6 Å². The lowest BCUT2D eigenvalue weighted by Gasteiger charge is -2.27. The summed E-state index contributed by atoms with van der Waals surface area (Å²) < 4.78 is 7.34. The minimum atomic E-state index is 0.399. The van der Waals surface area contributed by atoms with Crippen LogP contribution in [0.25, 0.3) is 0 Å². The van der Waals surface area contributed by atoms with E-state index in [1.54, 1.807) is 0 Å². The summed E-state index contributed by atoms with van der Waals surface area (Å²) in [5, 5.41) is 3.44. The quantitative estimate of drug-likeness (QED) is 0.743. The first-order valence-corrected chi connectivity index (χ1v) is 8.64. The van der Waals surface area contributed by atoms with E-state index < -0.39 is 0 Å². The Labute approximate surface area is 131 Å². The van der Waals surface area contributed by atoms with Crippen LogP contribution in [-0.2, 0) is 6.54 Å². The van der Waals surface area contributed by atoms with Crippen LogP contribution in [0.5, 0.6) is 5.75 Å². The molecule has 0 spiro atoms. The van der Waals surface area contributed by atoms with Gasteiger partial charge < -0.3 is 10.1 Å². The van der Waals surface area contributed by atoms with Gasteiger partial charge in [-0.1, -0.05) is 36.2 Å². The average molecular weight is 340 g/mol. The molecule has 0 aromatic heterocycles. The number of rotatable bonds is 6. The monoisotopic (exact) mass is 339 g/mol. The summed E-state index contributed by atoms with van der Waals surface area (Å²) in [4.78, 5) is 0. The second-order valence-corrected chi connectivity index (χ2v) is 6.80. The highest BCUT2D eigenvalue weighted by atomic mass is 79.9. The van der Waals surface area contributed by atoms with Gasteiger partial charge in [0.2, 0.25) is 0 Å². The summed E-state index contributed by atoms with van der Waals surface area (Å²) >= 11 is 3.62. The maximum atomic E-state index is 6.18. The van der Waals surface area contributed by atoms with Crippen molar-refractivity contribution in [2.75, 3.05) is 6.54 Å². The van der Waals surface area contributed by atoms with Crippen molar-refractivity contribution in [3.8, 4) is 5.75 Å². The number of hydrogen-bond donors (Lipinski definition) is 1. The summed E-state index contributed by atoms with van der Waals surface area (Å²) in [6, 6.07) is 6.35. The summed E-state index contributed by atoms with van der Waals surface area (Å²) in [5.41, 5.74) is 1.28. The van der Waals surface area contributed by atoms with Gasteiger partial charge in [-0.25, -0.2) is 0 Å². The molecule has 1 fully saturated rings. The van der Waals surface area contributed by atoms with Gasteiger partial charge in [0, 0.05) is 11.0 Å². The summed E-state index contributed by atoms with van der Waals surface area (Å²) in [5.74, 6) is 1.82. The van der Waals surface area contributed by atoms with Gasteiger partial charge in [-0.2, -0.15) is 0 Å². The normalized spacial score (nSPS) is 22.8. The van der Waals surface area contributed by atoms with Crippen LogP contribution in [0.4, 0.5) is 0 Å². The van der Waals surface area contributed by atoms with Gasteiger partial charge in [0.05, 0.1) is 6.10 Å². The van der Waals surface area contributed by atoms with Crippen molar-refractivity contribution < 1.29 is 4.74 Å². The molecule has 1 aromatic carbocycles. The lowest BCUT2D eigenvalue weighted by molar-refractivity contribution is 0.129. The molecule has 0 radical (unpaired) electrons. The Morgan fingerprint density at radius 3 is 2.95 bits per heavy atom. The van der Waals surface area contributed by atoms with Gasteiger partial charge >= 0.3 is 0 Å². The first-order valence-electron chi connectivity index (χ1n) is 7.84. The van der Waals surface area contributed by atoms with Gasteiger partial charge in [0.25, 0.3) is 0 Å². The second-order valence-electron chi connectivity index (χ2n) is 5.94. The maximum Gasteiger partial charge on any atom is 0.120 e. The van der Waals surface area contributed by atoms with Gasteiger partial charge in [-0.05, 0) is 61.9 Å². The van der Waals surface area contributed by atoms with Crippen LogP contribution < -0.4 is 10.1 Å². The zero-order valence-corrected chi connectivity index (χ0v) is 14.2. The molecule has 0 bridgehead atoms. The molecule has 3 heteroatoms. The topological polar surface area (TPSA) is 21.3 Å². The zero-order chi connectivity index (χ0) is 14.4. The van der Waals surface area contributed by atoms with E-state index in [1.165, 1.54) is 31.2 Å². The Hall–Kier alpha value is -0.540. The molecule has 1 aliphatic rings. The number of halogens is 1. The van der Waals surface area contributed by atoms with Crippen molar-refractivity contribution in [3.63, 3.8) is 0 Å². The Morgan fingerprint density at radius 1 is 1.35 bits per heavy atom. The molecule has 1 aliphatic carbocycles. The smallest absolute Gasteiger partial charge is 0.120 e. The van der Waals surface area contributed by atoms with E-state index in [0.29, 0.717) is 6.10 Å². The number of nitrogens with one attached hydrogen (secondary N) is 1. The molecule has 2 unspecified atom stereocenters. The van der Waals surface area contributed by atoms with E-state index in [1.807, 2.05) is 0 Å². The molecule has 112 valence electrons. The molecule has 2 rings (SSSR count). The third-order valence-electron chi connectivity index (χ3n) is 3.95. The molecule has 0 heterocycles. The van der Waals surface area contributed by atoms with Crippen molar-refractivity contribution in [3.05, 3.63) is 28.2 Å². The molecule has 2 nitrogen and oxygen atoms in total. The summed E-state index contributed by atoms with van der Waals surface area (Å²) in [6.45, 7) is 6.47. The first kappa shape index (κ1) is 15.8. The van der Waals surface area contributed by atoms with Crippen molar-refractivity contribution >= 4 is 15.9 Å². The zero-order valence-electron chi connectivity index (χ0n) is 12.6. The molecule has 0 aliphatic heterocycles. The fourth-order valence-corrected chi connectivity index (χ4v) is 3.22. The molecule has 0 saturated heterocycles. The Balaban J connectivity index is 1.95. The standard InChI is InChI=1S/C17H26BrNO/c1-3-9-19-12-14-11-16(7-8-17(14)18)20-15-6-4-5-13(2)10-15/h7-8,11,13,15,19H,3-6,9-10,12H2,1-2H3. The Kier molecular flexibility index (Phi) is 6.37. The molecule has 1 aromatic rings. The van der Waals surface area contributed by atoms with Crippen LogP contribution in [0.1, 0.15) is 51.5 Å². The molecular weight excluding hydrogens is 314 g/mol. The molecule has 2 atom stereocenters. The highest BCUT2D eigenvalue weighted by Crippen LogP contribution is 2.29. The van der Waals surface area contributed by atoms with Crippen LogP contribution in [0, 0.1) is 5.92 Å². The number of benzene rings is 1. The lowest BCUT2D eigenvalue weighted by atomic mass is 9.89. The van der Waals surface area contributed by atoms with Gasteiger partial charge in [0.15, 0.2) is 0 Å².